The number of unbranched alkanes of at least 4 members (excludes halogenated alkanes) is 1. The van der Waals surface area contributed by atoms with E-state index in [1.807, 2.05) is 40.6 Å². The molecule has 5 heteroatoms. The second-order valence-electron chi connectivity index (χ2n) is 4.23. The number of nitrogens with zero attached hydrogens (tertiary/aromatic N) is 2. The van der Waals surface area contributed by atoms with Crippen LogP contribution in [0.15, 0.2) is 30.6 Å². The Labute approximate surface area is 128 Å². The Hall–Kier alpha value is -0.640. The average molecular weight is 315 g/mol. The molecule has 1 aromatic carbocycles. The normalized spacial score (nSPS) is 10.9. The number of aromatic nitrogens is 2. The van der Waals surface area contributed by atoms with E-state index in [9.17, 15) is 0 Å². The quantitative estimate of drug-likeness (QED) is 0.681. The third-order valence-corrected chi connectivity index (χ3v) is 4.42. The van der Waals surface area contributed by atoms with Gasteiger partial charge in [0.2, 0.25) is 0 Å². The lowest BCUT2D eigenvalue weighted by Gasteiger charge is -2.08. The smallest absolute Gasteiger partial charge is 0.151 e. The third-order valence-electron chi connectivity index (χ3n) is 2.80. The van der Waals surface area contributed by atoms with Crippen molar-refractivity contribution in [2.45, 2.75) is 25.5 Å². The van der Waals surface area contributed by atoms with Crippen molar-refractivity contribution in [3.63, 3.8) is 0 Å². The highest BCUT2D eigenvalue weighted by atomic mass is 35.5. The van der Waals surface area contributed by atoms with Crippen molar-refractivity contribution >= 4 is 35.0 Å². The van der Waals surface area contributed by atoms with Gasteiger partial charge >= 0.3 is 0 Å². The van der Waals surface area contributed by atoms with Gasteiger partial charge in [0.25, 0.3) is 0 Å². The Morgan fingerprint density at radius 3 is 2.63 bits per heavy atom. The first kappa shape index (κ1) is 14.8. The first-order chi connectivity index (χ1) is 9.22. The summed E-state index contributed by atoms with van der Waals surface area (Å²) in [5.41, 5.74) is 2.08. The lowest BCUT2D eigenvalue weighted by molar-refractivity contribution is 0.894. The zero-order chi connectivity index (χ0) is 13.7. The summed E-state index contributed by atoms with van der Waals surface area (Å²) < 4.78 is 2.03. The molecule has 0 N–H and O–H groups in total. The van der Waals surface area contributed by atoms with Crippen molar-refractivity contribution in [1.82, 2.24) is 9.55 Å². The molecule has 1 heterocycles. The Morgan fingerprint density at radius 1 is 1.21 bits per heavy atom. The molecule has 2 nitrogen and oxygen atoms in total. The summed E-state index contributed by atoms with van der Waals surface area (Å²) in [4.78, 5) is 4.20. The molecule has 2 aromatic rings. The maximum absolute atomic E-state index is 6.17. The molecule has 0 aliphatic heterocycles. The van der Waals surface area contributed by atoms with Crippen LogP contribution < -0.4 is 0 Å². The minimum Gasteiger partial charge on any atom is -0.301 e. The van der Waals surface area contributed by atoms with Gasteiger partial charge in [-0.05, 0) is 36.4 Å². The zero-order valence-corrected chi connectivity index (χ0v) is 13.1. The molecule has 0 atom stereocenters. The van der Waals surface area contributed by atoms with E-state index < -0.39 is 0 Å². The molecule has 0 fully saturated rings. The van der Waals surface area contributed by atoms with Gasteiger partial charge in [-0.25, -0.2) is 4.98 Å². The summed E-state index contributed by atoms with van der Waals surface area (Å²) in [7, 11) is 0. The number of thioether (sulfide) groups is 1. The molecule has 0 saturated carbocycles. The van der Waals surface area contributed by atoms with Gasteiger partial charge < -0.3 is 4.57 Å². The second kappa shape index (κ2) is 7.22. The van der Waals surface area contributed by atoms with Crippen molar-refractivity contribution in [2.24, 2.45) is 0 Å². The topological polar surface area (TPSA) is 17.8 Å². The summed E-state index contributed by atoms with van der Waals surface area (Å²) in [6, 6.07) is 7.69. The molecule has 0 aliphatic rings. The first-order valence-corrected chi connectivity index (χ1v) is 8.19. The summed E-state index contributed by atoms with van der Waals surface area (Å²) in [5.74, 6) is 2.03. The van der Waals surface area contributed by atoms with Crippen LogP contribution in [0.25, 0.3) is 5.69 Å². The van der Waals surface area contributed by atoms with Crippen molar-refractivity contribution < 1.29 is 0 Å². The van der Waals surface area contributed by atoms with E-state index in [1.165, 1.54) is 12.8 Å². The lowest BCUT2D eigenvalue weighted by atomic mass is 10.3. The Bertz CT molecular complexity index is 523. The molecule has 0 saturated heterocycles. The average Bonchev–Trinajstić information content (AvgIpc) is 2.77. The van der Waals surface area contributed by atoms with E-state index in [2.05, 4.69) is 11.9 Å². The monoisotopic (exact) mass is 314 g/mol. The van der Waals surface area contributed by atoms with Crippen molar-refractivity contribution in [2.75, 3.05) is 5.75 Å². The van der Waals surface area contributed by atoms with E-state index >= 15 is 0 Å². The maximum atomic E-state index is 6.17. The molecule has 1 aromatic heterocycles. The second-order valence-corrected chi connectivity index (χ2v) is 6.13. The van der Waals surface area contributed by atoms with Gasteiger partial charge in [0.05, 0.1) is 5.69 Å². The molecule has 0 bridgehead atoms. The molecule has 0 unspecified atom stereocenters. The van der Waals surface area contributed by atoms with Crippen molar-refractivity contribution in [1.29, 1.82) is 0 Å². The number of benzene rings is 1. The molecule has 19 heavy (non-hydrogen) atoms. The van der Waals surface area contributed by atoms with Crippen LogP contribution in [0.3, 0.4) is 0 Å². The molecule has 0 radical (unpaired) electrons. The van der Waals surface area contributed by atoms with E-state index in [1.54, 1.807) is 6.33 Å². The fourth-order valence-electron chi connectivity index (χ4n) is 1.72. The van der Waals surface area contributed by atoms with Gasteiger partial charge in [-0.15, -0.1) is 0 Å². The molecular formula is C14H16Cl2N2S. The van der Waals surface area contributed by atoms with E-state index in [0.717, 1.165) is 27.9 Å². The van der Waals surface area contributed by atoms with Crippen LogP contribution in [-0.2, 0) is 5.75 Å². The fourth-order valence-corrected chi connectivity index (χ4v) is 3.23. The maximum Gasteiger partial charge on any atom is 0.151 e. The highest BCUT2D eigenvalue weighted by molar-refractivity contribution is 7.98. The fraction of sp³-hybridized carbons (Fsp3) is 0.357. The van der Waals surface area contributed by atoms with E-state index in [-0.39, 0.29) is 0 Å². The molecule has 2 rings (SSSR count). The Balaban J connectivity index is 2.15. The van der Waals surface area contributed by atoms with Gasteiger partial charge in [0.15, 0.2) is 5.15 Å². The minimum atomic E-state index is 0.582. The van der Waals surface area contributed by atoms with Crippen LogP contribution in [0.4, 0.5) is 0 Å². The largest absolute Gasteiger partial charge is 0.301 e. The van der Waals surface area contributed by atoms with Crippen LogP contribution in [0.1, 0.15) is 25.5 Å². The first-order valence-electron chi connectivity index (χ1n) is 6.27. The number of halogens is 2. The predicted molar refractivity (Wildman–Crippen MR) is 84.7 cm³/mol. The summed E-state index contributed by atoms with van der Waals surface area (Å²) >= 11 is 14.0. The SMILES string of the molecule is CCCCSCc1c(Cl)ncn1-c1ccc(Cl)cc1. The molecule has 0 spiro atoms. The van der Waals surface area contributed by atoms with E-state index in [4.69, 9.17) is 23.2 Å². The number of rotatable bonds is 6. The van der Waals surface area contributed by atoms with Gasteiger partial charge in [-0.2, -0.15) is 11.8 Å². The third kappa shape index (κ3) is 3.91. The molecular weight excluding hydrogens is 299 g/mol. The Morgan fingerprint density at radius 2 is 1.95 bits per heavy atom. The van der Waals surface area contributed by atoms with Crippen molar-refractivity contribution in [3.05, 3.63) is 46.5 Å². The van der Waals surface area contributed by atoms with Crippen LogP contribution in [-0.4, -0.2) is 15.3 Å². The van der Waals surface area contributed by atoms with Crippen LogP contribution in [0.5, 0.6) is 0 Å². The number of imidazole rings is 1. The highest BCUT2D eigenvalue weighted by Crippen LogP contribution is 2.24. The number of hydrogen-bond acceptors (Lipinski definition) is 2. The van der Waals surface area contributed by atoms with Gasteiger partial charge in [-0.1, -0.05) is 36.5 Å². The van der Waals surface area contributed by atoms with Gasteiger partial charge in [0.1, 0.15) is 6.33 Å². The molecule has 0 aliphatic carbocycles. The molecule has 102 valence electrons. The van der Waals surface area contributed by atoms with Gasteiger partial charge in [-0.3, -0.25) is 0 Å². The standard InChI is InChI=1S/C14H16Cl2N2S/c1-2-3-8-19-9-13-14(16)17-10-18(13)12-6-4-11(15)5-7-12/h4-7,10H,2-3,8-9H2,1H3. The van der Waals surface area contributed by atoms with Crippen molar-refractivity contribution in [3.8, 4) is 5.69 Å². The van der Waals surface area contributed by atoms with Crippen LogP contribution in [0, 0.1) is 0 Å². The highest BCUT2D eigenvalue weighted by Gasteiger charge is 2.10. The summed E-state index contributed by atoms with van der Waals surface area (Å²) in [6.07, 6.45) is 4.22. The summed E-state index contributed by atoms with van der Waals surface area (Å²) in [6.45, 7) is 2.20. The predicted octanol–water partition coefficient (Wildman–Crippen LogP) is 5.21. The van der Waals surface area contributed by atoms with Gasteiger partial charge in [0, 0.05) is 16.5 Å². The summed E-state index contributed by atoms with van der Waals surface area (Å²) in [5, 5.41) is 1.31. The lowest BCUT2D eigenvalue weighted by Crippen LogP contribution is -1.98. The zero-order valence-electron chi connectivity index (χ0n) is 10.8. The molecule has 0 amide bonds. The Kier molecular flexibility index (Phi) is 5.61. The van der Waals surface area contributed by atoms with Crippen LogP contribution in [0.2, 0.25) is 10.2 Å². The minimum absolute atomic E-state index is 0.582. The van der Waals surface area contributed by atoms with E-state index in [0.29, 0.717) is 5.15 Å². The number of hydrogen-bond donors (Lipinski definition) is 0. The van der Waals surface area contributed by atoms with Crippen LogP contribution >= 0.6 is 35.0 Å².